The lowest BCUT2D eigenvalue weighted by Gasteiger charge is -2.41. The number of ether oxygens (including phenoxy) is 1. The minimum Gasteiger partial charge on any atom is -0.497 e. The first-order valence-electron chi connectivity index (χ1n) is 6.82. The van der Waals surface area contributed by atoms with Crippen LogP contribution in [-0.2, 0) is 6.54 Å². The molecule has 0 amide bonds. The molecule has 0 aliphatic carbocycles. The van der Waals surface area contributed by atoms with Crippen molar-refractivity contribution in [1.82, 2.24) is 14.7 Å². The number of methoxy groups -OCH3 is 1. The summed E-state index contributed by atoms with van der Waals surface area (Å²) in [7, 11) is 1.71. The third kappa shape index (κ3) is 2.81. The molecule has 1 saturated heterocycles. The molecule has 5 heteroatoms. The van der Waals surface area contributed by atoms with Crippen LogP contribution in [0.4, 0.5) is 0 Å². The third-order valence-corrected chi connectivity index (χ3v) is 4.02. The van der Waals surface area contributed by atoms with Crippen LogP contribution in [0.3, 0.4) is 0 Å². The number of halogens is 1. The summed E-state index contributed by atoms with van der Waals surface area (Å²) in [6.07, 6.45) is 4.74. The molecule has 0 spiro atoms. The van der Waals surface area contributed by atoms with Gasteiger partial charge in [-0.3, -0.25) is 9.58 Å². The van der Waals surface area contributed by atoms with Crippen molar-refractivity contribution in [3.8, 4) is 5.75 Å². The molecule has 20 heavy (non-hydrogen) atoms. The lowest BCUT2D eigenvalue weighted by molar-refractivity contribution is 0.0849. The summed E-state index contributed by atoms with van der Waals surface area (Å²) in [5, 5.41) is 4.90. The van der Waals surface area contributed by atoms with E-state index in [1.807, 2.05) is 16.9 Å². The van der Waals surface area contributed by atoms with E-state index in [2.05, 4.69) is 28.2 Å². The topological polar surface area (TPSA) is 30.3 Å². The van der Waals surface area contributed by atoms with Crippen molar-refractivity contribution in [3.63, 3.8) is 0 Å². The highest BCUT2D eigenvalue weighted by Crippen LogP contribution is 2.34. The van der Waals surface area contributed by atoms with E-state index in [0.29, 0.717) is 11.1 Å². The fourth-order valence-corrected chi connectivity index (χ4v) is 2.78. The van der Waals surface area contributed by atoms with Crippen LogP contribution in [0.2, 0.25) is 5.02 Å². The van der Waals surface area contributed by atoms with Crippen molar-refractivity contribution in [1.29, 1.82) is 0 Å². The van der Waals surface area contributed by atoms with E-state index >= 15 is 0 Å². The molecule has 2 heterocycles. The van der Waals surface area contributed by atoms with Gasteiger partial charge in [0, 0.05) is 25.3 Å². The van der Waals surface area contributed by atoms with Crippen molar-refractivity contribution in [2.45, 2.75) is 19.0 Å². The molecule has 0 saturated carbocycles. The monoisotopic (exact) mass is 291 g/mol. The van der Waals surface area contributed by atoms with Crippen LogP contribution < -0.4 is 4.74 Å². The normalized spacial score (nSPS) is 18.8. The summed E-state index contributed by atoms with van der Waals surface area (Å²) in [5.41, 5.74) is 1.33. The van der Waals surface area contributed by atoms with E-state index in [1.165, 1.54) is 12.0 Å². The molecule has 0 radical (unpaired) electrons. The molecule has 0 bridgehead atoms. The standard InChI is InChI=1S/C15H18ClN3O/c1-20-14-4-2-3-12(9-14)15-5-6-18(15)7-8-19-11-13(16)10-17-19/h2-4,9-11,15H,5-8H2,1H3/t15-/m1/s1. The third-order valence-electron chi connectivity index (χ3n) is 3.83. The molecule has 1 aliphatic rings. The van der Waals surface area contributed by atoms with Crippen LogP contribution in [-0.4, -0.2) is 34.9 Å². The molecule has 3 rings (SSSR count). The minimum atomic E-state index is 0.496. The van der Waals surface area contributed by atoms with Gasteiger partial charge in [0.1, 0.15) is 5.75 Å². The molecule has 0 unspecified atom stereocenters. The Morgan fingerprint density at radius 2 is 2.30 bits per heavy atom. The van der Waals surface area contributed by atoms with Gasteiger partial charge >= 0.3 is 0 Å². The van der Waals surface area contributed by atoms with Gasteiger partial charge in [0.15, 0.2) is 0 Å². The average Bonchev–Trinajstić information content (AvgIpc) is 2.84. The highest BCUT2D eigenvalue weighted by molar-refractivity contribution is 6.30. The summed E-state index contributed by atoms with van der Waals surface area (Å²) in [6, 6.07) is 8.83. The van der Waals surface area contributed by atoms with Crippen molar-refractivity contribution in [3.05, 3.63) is 47.2 Å². The van der Waals surface area contributed by atoms with Gasteiger partial charge in [0.25, 0.3) is 0 Å². The van der Waals surface area contributed by atoms with E-state index < -0.39 is 0 Å². The fourth-order valence-electron chi connectivity index (χ4n) is 2.63. The smallest absolute Gasteiger partial charge is 0.119 e. The molecule has 4 nitrogen and oxygen atoms in total. The van der Waals surface area contributed by atoms with E-state index in [1.54, 1.807) is 13.3 Å². The van der Waals surface area contributed by atoms with E-state index in [-0.39, 0.29) is 0 Å². The second-order valence-electron chi connectivity index (χ2n) is 5.04. The van der Waals surface area contributed by atoms with E-state index in [4.69, 9.17) is 16.3 Å². The molecular weight excluding hydrogens is 274 g/mol. The number of likely N-dealkylation sites (tertiary alicyclic amines) is 1. The van der Waals surface area contributed by atoms with Gasteiger partial charge in [-0.15, -0.1) is 0 Å². The van der Waals surface area contributed by atoms with Gasteiger partial charge in [0.2, 0.25) is 0 Å². The largest absolute Gasteiger partial charge is 0.497 e. The van der Waals surface area contributed by atoms with Crippen molar-refractivity contribution in [2.75, 3.05) is 20.2 Å². The SMILES string of the molecule is COc1cccc([C@H]2CCN2CCn2cc(Cl)cn2)c1. The van der Waals surface area contributed by atoms with Gasteiger partial charge in [-0.25, -0.2) is 0 Å². The predicted octanol–water partition coefficient (Wildman–Crippen LogP) is 2.99. The van der Waals surface area contributed by atoms with Crippen molar-refractivity contribution >= 4 is 11.6 Å². The second-order valence-corrected chi connectivity index (χ2v) is 5.48. The molecular formula is C15H18ClN3O. The number of benzene rings is 1. The van der Waals surface area contributed by atoms with Crippen molar-refractivity contribution < 1.29 is 4.74 Å². The van der Waals surface area contributed by atoms with Crippen LogP contribution in [0, 0.1) is 0 Å². The maximum Gasteiger partial charge on any atom is 0.119 e. The zero-order valence-corrected chi connectivity index (χ0v) is 12.3. The first-order chi connectivity index (χ1) is 9.76. The zero-order valence-electron chi connectivity index (χ0n) is 11.5. The summed E-state index contributed by atoms with van der Waals surface area (Å²) in [5.74, 6) is 0.924. The van der Waals surface area contributed by atoms with Crippen LogP contribution in [0.1, 0.15) is 18.0 Å². The molecule has 1 aromatic heterocycles. The maximum atomic E-state index is 5.87. The van der Waals surface area contributed by atoms with Gasteiger partial charge in [-0.1, -0.05) is 23.7 Å². The van der Waals surface area contributed by atoms with Crippen LogP contribution in [0.15, 0.2) is 36.7 Å². The second kappa shape index (κ2) is 5.85. The summed E-state index contributed by atoms with van der Waals surface area (Å²) in [4.78, 5) is 2.46. The minimum absolute atomic E-state index is 0.496. The predicted molar refractivity (Wildman–Crippen MR) is 79.2 cm³/mol. The Hall–Kier alpha value is -1.52. The van der Waals surface area contributed by atoms with Crippen LogP contribution >= 0.6 is 11.6 Å². The average molecular weight is 292 g/mol. The summed E-state index contributed by atoms with van der Waals surface area (Å²) >= 11 is 5.87. The first kappa shape index (κ1) is 13.5. The molecule has 1 aliphatic heterocycles. The highest BCUT2D eigenvalue weighted by atomic mass is 35.5. The fraction of sp³-hybridized carbons (Fsp3) is 0.400. The lowest BCUT2D eigenvalue weighted by atomic mass is 9.94. The van der Waals surface area contributed by atoms with E-state index in [0.717, 1.165) is 25.4 Å². The lowest BCUT2D eigenvalue weighted by Crippen LogP contribution is -2.42. The Morgan fingerprint density at radius 3 is 2.95 bits per heavy atom. The number of rotatable bonds is 5. The van der Waals surface area contributed by atoms with Crippen LogP contribution in [0.5, 0.6) is 5.75 Å². The maximum absolute atomic E-state index is 5.87. The zero-order chi connectivity index (χ0) is 13.9. The molecule has 1 fully saturated rings. The highest BCUT2D eigenvalue weighted by Gasteiger charge is 2.29. The van der Waals surface area contributed by atoms with Crippen molar-refractivity contribution in [2.24, 2.45) is 0 Å². The Morgan fingerprint density at radius 1 is 1.40 bits per heavy atom. The Bertz CT molecular complexity index is 584. The van der Waals surface area contributed by atoms with Crippen LogP contribution in [0.25, 0.3) is 0 Å². The number of aromatic nitrogens is 2. The molecule has 1 aromatic carbocycles. The Kier molecular flexibility index (Phi) is 3.94. The van der Waals surface area contributed by atoms with Gasteiger partial charge in [-0.05, 0) is 24.1 Å². The van der Waals surface area contributed by atoms with E-state index in [9.17, 15) is 0 Å². The molecule has 0 N–H and O–H groups in total. The summed E-state index contributed by atoms with van der Waals surface area (Å²) < 4.78 is 7.19. The molecule has 1 atom stereocenters. The van der Waals surface area contributed by atoms with Gasteiger partial charge in [0.05, 0.1) is 24.9 Å². The summed E-state index contributed by atoms with van der Waals surface area (Å²) in [6.45, 7) is 2.99. The van der Waals surface area contributed by atoms with Gasteiger partial charge in [-0.2, -0.15) is 5.10 Å². The Labute approximate surface area is 123 Å². The number of nitrogens with zero attached hydrogens (tertiary/aromatic N) is 3. The Balaban J connectivity index is 1.61. The molecule has 2 aromatic rings. The van der Waals surface area contributed by atoms with Gasteiger partial charge < -0.3 is 4.74 Å². The first-order valence-corrected chi connectivity index (χ1v) is 7.20. The quantitative estimate of drug-likeness (QED) is 0.848. The number of hydrogen-bond donors (Lipinski definition) is 0. The molecule has 106 valence electrons. The number of hydrogen-bond acceptors (Lipinski definition) is 3.